The molecule has 0 saturated carbocycles. The minimum absolute atomic E-state index is 0.101. The normalized spacial score (nSPS) is 27.3. The third-order valence-electron chi connectivity index (χ3n) is 12.0. The number of rotatable bonds is 17. The van der Waals surface area contributed by atoms with E-state index in [-0.39, 0.29) is 64.8 Å². The summed E-state index contributed by atoms with van der Waals surface area (Å²) in [6, 6.07) is -6.57. The second kappa shape index (κ2) is 22.0. The summed E-state index contributed by atoms with van der Waals surface area (Å²) >= 11 is 1.38. The molecule has 5 aliphatic rings. The maximum absolute atomic E-state index is 14.0. The van der Waals surface area contributed by atoms with E-state index in [0.29, 0.717) is 31.6 Å². The van der Waals surface area contributed by atoms with Crippen molar-refractivity contribution in [3.8, 4) is 0 Å². The number of β-amino-alcohol motifs (C(OH)–C–C–N with tert-alkyl or cyclic N) is 3. The Labute approximate surface area is 366 Å². The van der Waals surface area contributed by atoms with Crippen LogP contribution in [0.4, 0.5) is 0 Å². The van der Waals surface area contributed by atoms with E-state index in [4.69, 9.17) is 10.8 Å². The molecule has 0 aliphatic carbocycles. The zero-order valence-corrected chi connectivity index (χ0v) is 35.8. The number of aliphatic hydroxyl groups excluding tert-OH is 3. The maximum atomic E-state index is 14.0. The van der Waals surface area contributed by atoms with Crippen molar-refractivity contribution >= 4 is 70.9 Å². The van der Waals surface area contributed by atoms with Crippen molar-refractivity contribution in [1.29, 1.82) is 0 Å². The van der Waals surface area contributed by atoms with E-state index in [1.807, 2.05) is 0 Å². The predicted molar refractivity (Wildman–Crippen MR) is 218 cm³/mol. The number of nitrogens with two attached hydrogens (primary N) is 1. The number of hydrogen-bond donors (Lipinski definition) is 9. The number of nitrogens with one attached hydrogen (secondary N) is 4. The molecule has 0 aromatic carbocycles. The van der Waals surface area contributed by atoms with Crippen LogP contribution in [0.2, 0.25) is 0 Å². The number of carbonyl (C=O) groups excluding carboxylic acids is 9. The topological polar surface area (TPSA) is 342 Å². The number of carboxylic acids is 1. The van der Waals surface area contributed by atoms with Gasteiger partial charge in [0.2, 0.25) is 53.2 Å². The molecule has 63 heavy (non-hydrogen) atoms. The number of nitrogens with zero attached hydrogens (tertiary/aromatic N) is 5. The van der Waals surface area contributed by atoms with E-state index >= 15 is 0 Å². The van der Waals surface area contributed by atoms with Crippen molar-refractivity contribution in [2.75, 3.05) is 70.9 Å². The molecule has 0 radical (unpaired) electrons. The lowest BCUT2D eigenvalue weighted by Crippen LogP contribution is -2.57. The first kappa shape index (κ1) is 48.9. The average Bonchev–Trinajstić information content (AvgIpc) is 4.12. The fourth-order valence-electron chi connectivity index (χ4n) is 8.95. The fraction of sp³-hybridized carbons (Fsp3) is 0.737. The van der Waals surface area contributed by atoms with Gasteiger partial charge in [0.15, 0.2) is 0 Å². The second-order valence-electron chi connectivity index (χ2n) is 16.3. The summed E-state index contributed by atoms with van der Waals surface area (Å²) in [7, 11) is 0. The summed E-state index contributed by atoms with van der Waals surface area (Å²) in [5.41, 5.74) is 5.51. The first-order valence-corrected chi connectivity index (χ1v) is 22.4. The van der Waals surface area contributed by atoms with Crippen molar-refractivity contribution in [3.63, 3.8) is 0 Å². The lowest BCUT2D eigenvalue weighted by Gasteiger charge is -2.31. The number of hydrogen-bond acceptors (Lipinski definition) is 15. The van der Waals surface area contributed by atoms with Gasteiger partial charge in [-0.05, 0) is 44.1 Å². The second-order valence-corrected chi connectivity index (χ2v) is 17.3. The summed E-state index contributed by atoms with van der Waals surface area (Å²) < 4.78 is 0. The average molecular weight is 911 g/mol. The molecule has 0 aromatic heterocycles. The molecular formula is C38H58N10O14S. The summed E-state index contributed by atoms with van der Waals surface area (Å²) in [4.78, 5) is 137. The van der Waals surface area contributed by atoms with Gasteiger partial charge < -0.3 is 71.9 Å². The molecule has 350 valence electrons. The van der Waals surface area contributed by atoms with E-state index in [1.165, 1.54) is 26.5 Å². The molecule has 5 rings (SSSR count). The molecule has 0 bridgehead atoms. The molecule has 25 heteroatoms. The highest BCUT2D eigenvalue weighted by molar-refractivity contribution is 7.98. The minimum Gasteiger partial charge on any atom is -0.480 e. The highest BCUT2D eigenvalue weighted by Gasteiger charge is 2.47. The standard InChI is InChI=1S/C38H58N10O14S/c1-63-9-6-23(43-29(52)14-40-33(57)27-11-21(50)18-47(27)37(61)24-4-2-7-44(24)30(53)13-39)36(60)46-17-20(49)10-26(46)34(58)41-15-31(54)45-8-3-5-25(45)38(62)48-19-22(51)12-28(48)35(59)42-16-32(55)56/h20-28,49-51H,2-19,39H2,1H3,(H,40,57)(H,41,58)(H,42,59)(H,43,52)(H,55,56)/t20-,21-,22-,23+,24+,25+,26+,27+,28+/m1/s1. The zero-order valence-electron chi connectivity index (χ0n) is 35.0. The molecule has 9 atom stereocenters. The molecule has 0 spiro atoms. The molecule has 0 unspecified atom stereocenters. The van der Waals surface area contributed by atoms with Crippen LogP contribution in [-0.4, -0.2) is 230 Å². The van der Waals surface area contributed by atoms with Crippen molar-refractivity contribution in [2.24, 2.45) is 5.73 Å². The Hall–Kier alpha value is -5.11. The van der Waals surface area contributed by atoms with Crippen molar-refractivity contribution < 1.29 is 68.4 Å². The smallest absolute Gasteiger partial charge is 0.322 e. The van der Waals surface area contributed by atoms with Crippen LogP contribution in [0.1, 0.15) is 51.4 Å². The highest BCUT2D eigenvalue weighted by atomic mass is 32.2. The van der Waals surface area contributed by atoms with Crippen molar-refractivity contribution in [3.05, 3.63) is 0 Å². The van der Waals surface area contributed by atoms with Crippen LogP contribution in [0.25, 0.3) is 0 Å². The summed E-state index contributed by atoms with van der Waals surface area (Å²) in [5, 5.41) is 49.9. The van der Waals surface area contributed by atoms with Gasteiger partial charge in [0, 0.05) is 52.0 Å². The van der Waals surface area contributed by atoms with Crippen LogP contribution in [0.3, 0.4) is 0 Å². The molecule has 5 heterocycles. The van der Waals surface area contributed by atoms with Crippen LogP contribution in [-0.2, 0) is 47.9 Å². The number of thioether (sulfide) groups is 1. The number of carbonyl (C=O) groups is 10. The van der Waals surface area contributed by atoms with Gasteiger partial charge in [0.1, 0.15) is 42.8 Å². The number of aliphatic carboxylic acids is 1. The Morgan fingerprint density at radius 3 is 1.54 bits per heavy atom. The van der Waals surface area contributed by atoms with Gasteiger partial charge in [-0.15, -0.1) is 0 Å². The third kappa shape index (κ3) is 11.9. The number of carboxylic acid groups (broad SMARTS) is 1. The zero-order chi connectivity index (χ0) is 46.1. The van der Waals surface area contributed by atoms with E-state index in [1.54, 1.807) is 6.26 Å². The van der Waals surface area contributed by atoms with Gasteiger partial charge in [0.25, 0.3) is 0 Å². The SMILES string of the molecule is CSCC[C@H](NC(=O)CNC(=O)[C@@H]1C[C@@H](O)CN1C(=O)[C@@H]1CCCN1C(=O)CN)C(=O)N1C[C@H](O)C[C@H]1C(=O)NCC(=O)N1CCC[C@H]1C(=O)N1C[C@H](O)C[C@H]1C(=O)NCC(=O)O. The Kier molecular flexibility index (Phi) is 17.1. The van der Waals surface area contributed by atoms with Gasteiger partial charge in [-0.1, -0.05) is 0 Å². The Morgan fingerprint density at radius 1 is 0.619 bits per heavy atom. The molecule has 5 saturated heterocycles. The van der Waals surface area contributed by atoms with Gasteiger partial charge in [-0.2, -0.15) is 11.8 Å². The van der Waals surface area contributed by atoms with Gasteiger partial charge >= 0.3 is 5.97 Å². The first-order valence-electron chi connectivity index (χ1n) is 21.0. The van der Waals surface area contributed by atoms with Gasteiger partial charge in [-0.3, -0.25) is 47.9 Å². The van der Waals surface area contributed by atoms with Gasteiger partial charge in [0.05, 0.1) is 37.9 Å². The first-order chi connectivity index (χ1) is 29.9. The fourth-order valence-corrected chi connectivity index (χ4v) is 9.42. The molecule has 0 aromatic rings. The van der Waals surface area contributed by atoms with E-state index in [2.05, 4.69) is 21.3 Å². The molecule has 5 fully saturated rings. The van der Waals surface area contributed by atoms with Crippen LogP contribution < -0.4 is 27.0 Å². The number of likely N-dealkylation sites (tertiary alicyclic amines) is 5. The largest absolute Gasteiger partial charge is 0.480 e. The van der Waals surface area contributed by atoms with Crippen LogP contribution in [0.5, 0.6) is 0 Å². The Morgan fingerprint density at radius 2 is 1.06 bits per heavy atom. The van der Waals surface area contributed by atoms with E-state index in [9.17, 15) is 63.3 Å². The minimum atomic E-state index is -1.29. The molecule has 10 N–H and O–H groups in total. The quantitative estimate of drug-likeness (QED) is 0.0655. The van der Waals surface area contributed by atoms with Crippen LogP contribution in [0.15, 0.2) is 0 Å². The van der Waals surface area contributed by atoms with Crippen molar-refractivity contribution in [1.82, 2.24) is 45.8 Å². The summed E-state index contributed by atoms with van der Waals surface area (Å²) in [6.07, 6.45) is -0.117. The maximum Gasteiger partial charge on any atom is 0.322 e. The highest BCUT2D eigenvalue weighted by Crippen LogP contribution is 2.27. The molecule has 9 amide bonds. The molecule has 5 aliphatic heterocycles. The molecule has 24 nitrogen and oxygen atoms in total. The summed E-state index contributed by atoms with van der Waals surface area (Å²) in [5.74, 6) is -6.82. The monoisotopic (exact) mass is 910 g/mol. The summed E-state index contributed by atoms with van der Waals surface area (Å²) in [6.45, 7) is -2.29. The van der Waals surface area contributed by atoms with Crippen LogP contribution >= 0.6 is 11.8 Å². The third-order valence-corrected chi connectivity index (χ3v) is 12.6. The van der Waals surface area contributed by atoms with Crippen molar-refractivity contribution in [2.45, 2.75) is 106 Å². The van der Waals surface area contributed by atoms with Crippen LogP contribution in [0, 0.1) is 0 Å². The van der Waals surface area contributed by atoms with E-state index < -0.39 is 133 Å². The Bertz CT molecular complexity index is 1790. The lowest BCUT2D eigenvalue weighted by atomic mass is 10.1. The number of amides is 9. The predicted octanol–water partition coefficient (Wildman–Crippen LogP) is -6.52. The lowest BCUT2D eigenvalue weighted by molar-refractivity contribution is -0.147. The van der Waals surface area contributed by atoms with Gasteiger partial charge in [-0.25, -0.2) is 0 Å². The number of aliphatic hydroxyl groups is 3. The Balaban J connectivity index is 1.16. The molecular weight excluding hydrogens is 853 g/mol. The van der Waals surface area contributed by atoms with E-state index in [0.717, 1.165) is 9.80 Å².